The Morgan fingerprint density at radius 2 is 2.05 bits per heavy atom. The van der Waals surface area contributed by atoms with Crippen LogP contribution in [0.15, 0.2) is 23.0 Å². The third-order valence-corrected chi connectivity index (χ3v) is 3.08. The van der Waals surface area contributed by atoms with Gasteiger partial charge in [-0.1, -0.05) is 6.92 Å². The van der Waals surface area contributed by atoms with Crippen LogP contribution in [0.3, 0.4) is 0 Å². The van der Waals surface area contributed by atoms with E-state index < -0.39 is 22.8 Å². The molecule has 7 nitrogen and oxygen atoms in total. The molecule has 1 aromatic heterocycles. The Labute approximate surface area is 126 Å². The number of carbonyl (C=O) groups excluding carboxylic acids is 1. The van der Waals surface area contributed by atoms with E-state index in [1.807, 2.05) is 6.92 Å². The van der Waals surface area contributed by atoms with Gasteiger partial charge in [0.1, 0.15) is 23.7 Å². The smallest absolute Gasteiger partial charge is 0.300 e. The summed E-state index contributed by atoms with van der Waals surface area (Å²) in [4.78, 5) is 29.9. The van der Waals surface area contributed by atoms with E-state index in [1.54, 1.807) is 6.92 Å². The number of phenolic OH excluding ortho intramolecular Hbond substituents is 1. The predicted octanol–water partition coefficient (Wildman–Crippen LogP) is 1.00. The summed E-state index contributed by atoms with van der Waals surface area (Å²) in [6, 6.07) is 4.10. The van der Waals surface area contributed by atoms with Gasteiger partial charge in [0.15, 0.2) is 0 Å². The van der Waals surface area contributed by atoms with E-state index in [0.717, 1.165) is 4.73 Å². The van der Waals surface area contributed by atoms with Crippen LogP contribution < -0.4 is 15.7 Å². The Balaban J connectivity index is 2.79. The van der Waals surface area contributed by atoms with Crippen molar-refractivity contribution in [3.05, 3.63) is 34.1 Å². The highest BCUT2D eigenvalue weighted by atomic mass is 16.7. The second-order valence-corrected chi connectivity index (χ2v) is 4.72. The molecule has 0 radical (unpaired) electrons. The number of amides is 1. The zero-order chi connectivity index (χ0) is 16.3. The van der Waals surface area contributed by atoms with Crippen molar-refractivity contribution in [1.29, 1.82) is 0 Å². The number of benzene rings is 1. The van der Waals surface area contributed by atoms with E-state index in [0.29, 0.717) is 13.0 Å². The van der Waals surface area contributed by atoms with Crippen molar-refractivity contribution in [2.24, 2.45) is 0 Å². The van der Waals surface area contributed by atoms with Crippen molar-refractivity contribution in [2.45, 2.75) is 20.3 Å². The average Bonchev–Trinajstić information content (AvgIpc) is 2.48. The number of fused-ring (bicyclic) bond motifs is 1. The fourth-order valence-electron chi connectivity index (χ4n) is 2.10. The van der Waals surface area contributed by atoms with Crippen LogP contribution in [-0.4, -0.2) is 34.0 Å². The lowest BCUT2D eigenvalue weighted by atomic mass is 10.1. The molecular weight excluding hydrogens is 288 g/mol. The van der Waals surface area contributed by atoms with Gasteiger partial charge in [-0.2, -0.15) is 0 Å². The number of rotatable bonds is 5. The van der Waals surface area contributed by atoms with Crippen molar-refractivity contribution >= 4 is 16.8 Å². The maximum Gasteiger partial charge on any atom is 0.300 e. The highest BCUT2D eigenvalue weighted by molar-refractivity contribution is 6.02. The number of aromatic hydroxyl groups is 2. The summed E-state index contributed by atoms with van der Waals surface area (Å²) < 4.78 is 0.975. The van der Waals surface area contributed by atoms with E-state index in [9.17, 15) is 19.8 Å². The third-order valence-electron chi connectivity index (χ3n) is 3.08. The molecule has 1 heterocycles. The van der Waals surface area contributed by atoms with Gasteiger partial charge in [-0.25, -0.2) is 0 Å². The van der Waals surface area contributed by atoms with Gasteiger partial charge < -0.3 is 20.4 Å². The lowest BCUT2D eigenvalue weighted by molar-refractivity contribution is 0.0927. The van der Waals surface area contributed by atoms with Crippen LogP contribution in [0, 0.1) is 0 Å². The first-order chi connectivity index (χ1) is 10.5. The van der Waals surface area contributed by atoms with E-state index in [1.165, 1.54) is 18.2 Å². The number of carbonyl (C=O) groups is 1. The number of pyridine rings is 1. The second-order valence-electron chi connectivity index (χ2n) is 4.72. The first kappa shape index (κ1) is 15.7. The third kappa shape index (κ3) is 2.69. The molecule has 0 aliphatic rings. The SMILES string of the molecule is CCCOn1c(=O)c(C(=O)NCC)c(O)c2cc(O)ccc21. The Morgan fingerprint density at radius 3 is 2.68 bits per heavy atom. The molecule has 2 rings (SSSR count). The number of phenols is 1. The fourth-order valence-corrected chi connectivity index (χ4v) is 2.10. The number of aromatic nitrogens is 1. The molecule has 0 aliphatic carbocycles. The quantitative estimate of drug-likeness (QED) is 0.765. The molecule has 1 amide bonds. The molecule has 7 heteroatoms. The van der Waals surface area contributed by atoms with Crippen LogP contribution in [0.5, 0.6) is 11.5 Å². The Bertz CT molecular complexity index is 767. The first-order valence-electron chi connectivity index (χ1n) is 7.03. The van der Waals surface area contributed by atoms with Crippen molar-refractivity contribution in [3.63, 3.8) is 0 Å². The zero-order valence-electron chi connectivity index (χ0n) is 12.4. The molecule has 0 aliphatic heterocycles. The molecule has 3 N–H and O–H groups in total. The van der Waals surface area contributed by atoms with Gasteiger partial charge in [-0.15, -0.1) is 4.73 Å². The number of hydrogen-bond acceptors (Lipinski definition) is 5. The molecule has 2 aromatic rings. The molecule has 1 aromatic carbocycles. The summed E-state index contributed by atoms with van der Waals surface area (Å²) in [6.45, 7) is 4.17. The normalized spacial score (nSPS) is 10.6. The summed E-state index contributed by atoms with van der Waals surface area (Å²) in [5, 5.41) is 22.5. The lowest BCUT2D eigenvalue weighted by Gasteiger charge is -2.15. The van der Waals surface area contributed by atoms with E-state index in [2.05, 4.69) is 5.32 Å². The monoisotopic (exact) mass is 306 g/mol. The highest BCUT2D eigenvalue weighted by Crippen LogP contribution is 2.29. The van der Waals surface area contributed by atoms with Crippen LogP contribution in [0.2, 0.25) is 0 Å². The van der Waals surface area contributed by atoms with Gasteiger partial charge in [-0.3, -0.25) is 9.59 Å². The standard InChI is InChI=1S/C15H18N2O5/c1-3-7-22-17-11-6-5-9(18)8-10(11)13(19)12(15(17)21)14(20)16-4-2/h5-6,8,18-19H,3-4,7H2,1-2H3,(H,16,20). The van der Waals surface area contributed by atoms with Crippen LogP contribution in [0.1, 0.15) is 30.6 Å². The summed E-state index contributed by atoms with van der Waals surface area (Å²) in [7, 11) is 0. The minimum atomic E-state index is -0.741. The van der Waals surface area contributed by atoms with Gasteiger partial charge in [0, 0.05) is 11.9 Å². The predicted molar refractivity (Wildman–Crippen MR) is 81.3 cm³/mol. The van der Waals surface area contributed by atoms with E-state index in [4.69, 9.17) is 4.84 Å². The molecule has 0 saturated carbocycles. The van der Waals surface area contributed by atoms with Crippen molar-refractivity contribution in [2.75, 3.05) is 13.2 Å². The van der Waals surface area contributed by atoms with Gasteiger partial charge in [0.2, 0.25) is 0 Å². The largest absolute Gasteiger partial charge is 0.508 e. The van der Waals surface area contributed by atoms with Gasteiger partial charge in [-0.05, 0) is 31.5 Å². The van der Waals surface area contributed by atoms with Crippen molar-refractivity contribution in [1.82, 2.24) is 10.0 Å². The molecule has 22 heavy (non-hydrogen) atoms. The first-order valence-corrected chi connectivity index (χ1v) is 7.03. The summed E-state index contributed by atoms with van der Waals surface area (Å²) in [5.41, 5.74) is -0.868. The number of nitrogens with one attached hydrogen (secondary N) is 1. The van der Waals surface area contributed by atoms with Crippen LogP contribution in [0.25, 0.3) is 10.9 Å². The Morgan fingerprint density at radius 1 is 1.32 bits per heavy atom. The summed E-state index contributed by atoms with van der Waals surface area (Å²) >= 11 is 0. The lowest BCUT2D eigenvalue weighted by Crippen LogP contribution is -2.36. The van der Waals surface area contributed by atoms with Crippen LogP contribution in [0.4, 0.5) is 0 Å². The average molecular weight is 306 g/mol. The molecule has 0 atom stereocenters. The highest BCUT2D eigenvalue weighted by Gasteiger charge is 2.22. The Hall–Kier alpha value is -2.70. The number of hydrogen-bond donors (Lipinski definition) is 3. The molecule has 0 spiro atoms. The molecule has 118 valence electrons. The number of nitrogens with zero attached hydrogens (tertiary/aromatic N) is 1. The van der Waals surface area contributed by atoms with Gasteiger partial charge >= 0.3 is 0 Å². The minimum absolute atomic E-state index is 0.0923. The summed E-state index contributed by atoms with van der Waals surface area (Å²) in [5.74, 6) is -1.26. The van der Waals surface area contributed by atoms with Crippen LogP contribution in [-0.2, 0) is 0 Å². The second kappa shape index (κ2) is 6.38. The fraction of sp³-hybridized carbons (Fsp3) is 0.333. The van der Waals surface area contributed by atoms with E-state index >= 15 is 0 Å². The van der Waals surface area contributed by atoms with Gasteiger partial charge in [0.05, 0.1) is 5.52 Å². The maximum atomic E-state index is 12.5. The topological polar surface area (TPSA) is 101 Å². The van der Waals surface area contributed by atoms with Crippen LogP contribution >= 0.6 is 0 Å². The van der Waals surface area contributed by atoms with Gasteiger partial charge in [0.25, 0.3) is 11.5 Å². The van der Waals surface area contributed by atoms with Crippen molar-refractivity contribution in [3.8, 4) is 11.5 Å². The maximum absolute atomic E-state index is 12.5. The molecule has 0 fully saturated rings. The zero-order valence-corrected chi connectivity index (χ0v) is 12.4. The minimum Gasteiger partial charge on any atom is -0.508 e. The molecule has 0 bridgehead atoms. The van der Waals surface area contributed by atoms with E-state index in [-0.39, 0.29) is 23.3 Å². The molecule has 0 saturated heterocycles. The molecular formula is C15H18N2O5. The summed E-state index contributed by atoms with van der Waals surface area (Å²) in [6.07, 6.45) is 0.670. The Kier molecular flexibility index (Phi) is 4.55. The van der Waals surface area contributed by atoms with Crippen molar-refractivity contribution < 1.29 is 19.8 Å². The molecule has 0 unspecified atom stereocenters.